The molecule has 0 fully saturated rings. The van der Waals surface area contributed by atoms with E-state index < -0.39 is 0 Å². The number of H-pyrrole nitrogens is 1. The van der Waals surface area contributed by atoms with Crippen LogP contribution in [0.3, 0.4) is 0 Å². The Labute approximate surface area is 188 Å². The van der Waals surface area contributed by atoms with Crippen molar-refractivity contribution in [3.05, 3.63) is 88.2 Å². The quantitative estimate of drug-likeness (QED) is 0.379. The molecule has 0 unspecified atom stereocenters. The third-order valence-electron chi connectivity index (χ3n) is 4.97. The molecule has 1 amide bonds. The molecule has 2 N–H and O–H groups in total. The molecule has 3 aromatic carbocycles. The van der Waals surface area contributed by atoms with Gasteiger partial charge in [0, 0.05) is 5.56 Å². The van der Waals surface area contributed by atoms with E-state index in [4.69, 9.17) is 9.47 Å². The molecule has 31 heavy (non-hydrogen) atoms. The molecule has 158 valence electrons. The summed E-state index contributed by atoms with van der Waals surface area (Å²) in [6.07, 6.45) is 1.66. The standard InChI is InChI=1S/C24H22BrN3O3/c1-3-31-23-18(25)11-17(13-21(23)30-2)24(29)28-22(15-7-5-4-6-8-15)16-9-10-19-20(12-16)27-14-26-19/h4-14,22H,3H2,1-2H3,(H,26,27)(H,28,29)/t22-/m0/s1. The van der Waals surface area contributed by atoms with Gasteiger partial charge in [-0.15, -0.1) is 0 Å². The minimum absolute atomic E-state index is 0.222. The monoisotopic (exact) mass is 479 g/mol. The summed E-state index contributed by atoms with van der Waals surface area (Å²) in [4.78, 5) is 20.7. The molecule has 0 aliphatic heterocycles. The first-order valence-electron chi connectivity index (χ1n) is 9.90. The van der Waals surface area contributed by atoms with Gasteiger partial charge in [-0.25, -0.2) is 4.98 Å². The lowest BCUT2D eigenvalue weighted by Crippen LogP contribution is -2.29. The molecule has 0 radical (unpaired) electrons. The summed E-state index contributed by atoms with van der Waals surface area (Å²) in [7, 11) is 1.55. The van der Waals surface area contributed by atoms with E-state index in [0.717, 1.165) is 22.2 Å². The Morgan fingerprint density at radius 1 is 1.13 bits per heavy atom. The minimum atomic E-state index is -0.335. The molecule has 0 spiro atoms. The fourth-order valence-corrected chi connectivity index (χ4v) is 4.04. The molecule has 0 bridgehead atoms. The number of methoxy groups -OCH3 is 1. The number of imidazole rings is 1. The highest BCUT2D eigenvalue weighted by atomic mass is 79.9. The molecular formula is C24H22BrN3O3. The molecule has 0 aliphatic rings. The number of halogens is 1. The Morgan fingerprint density at radius 2 is 1.94 bits per heavy atom. The van der Waals surface area contributed by atoms with Gasteiger partial charge in [0.15, 0.2) is 11.5 Å². The van der Waals surface area contributed by atoms with Gasteiger partial charge in [-0.2, -0.15) is 0 Å². The molecule has 4 rings (SSSR count). The number of amides is 1. The minimum Gasteiger partial charge on any atom is -0.493 e. The van der Waals surface area contributed by atoms with Crippen LogP contribution in [0.2, 0.25) is 0 Å². The number of hydrogen-bond acceptors (Lipinski definition) is 4. The number of aromatic amines is 1. The highest BCUT2D eigenvalue weighted by Gasteiger charge is 2.21. The van der Waals surface area contributed by atoms with Gasteiger partial charge in [0.05, 0.1) is 41.6 Å². The van der Waals surface area contributed by atoms with Crippen LogP contribution in [-0.2, 0) is 0 Å². The van der Waals surface area contributed by atoms with E-state index in [0.29, 0.717) is 28.1 Å². The first-order valence-corrected chi connectivity index (χ1v) is 10.7. The highest BCUT2D eigenvalue weighted by molar-refractivity contribution is 9.10. The molecule has 1 heterocycles. The number of nitrogens with one attached hydrogen (secondary N) is 2. The van der Waals surface area contributed by atoms with Crippen LogP contribution in [-0.4, -0.2) is 29.6 Å². The zero-order valence-electron chi connectivity index (χ0n) is 17.2. The van der Waals surface area contributed by atoms with E-state index in [9.17, 15) is 4.79 Å². The maximum atomic E-state index is 13.3. The first-order chi connectivity index (χ1) is 15.1. The predicted octanol–water partition coefficient (Wildman–Crippen LogP) is 5.25. The van der Waals surface area contributed by atoms with Crippen LogP contribution in [0.15, 0.2) is 71.5 Å². The second-order valence-electron chi connectivity index (χ2n) is 6.92. The third-order valence-corrected chi connectivity index (χ3v) is 5.56. The zero-order chi connectivity index (χ0) is 21.8. The molecule has 0 saturated heterocycles. The third kappa shape index (κ3) is 4.41. The average molecular weight is 480 g/mol. The summed E-state index contributed by atoms with van der Waals surface area (Å²) in [6, 6.07) is 18.9. The number of ether oxygens (including phenoxy) is 2. The summed E-state index contributed by atoms with van der Waals surface area (Å²) in [5.74, 6) is 0.850. The van der Waals surface area contributed by atoms with E-state index in [1.54, 1.807) is 25.6 Å². The maximum Gasteiger partial charge on any atom is 0.252 e. The summed E-state index contributed by atoms with van der Waals surface area (Å²) in [5.41, 5.74) is 4.19. The number of hydrogen-bond donors (Lipinski definition) is 2. The largest absolute Gasteiger partial charge is 0.493 e. The number of benzene rings is 3. The van der Waals surface area contributed by atoms with Crippen LogP contribution in [0, 0.1) is 0 Å². The lowest BCUT2D eigenvalue weighted by Gasteiger charge is -2.21. The maximum absolute atomic E-state index is 13.3. The van der Waals surface area contributed by atoms with Crippen LogP contribution >= 0.6 is 15.9 Å². The SMILES string of the molecule is CCOc1c(Br)cc(C(=O)N[C@@H](c2ccccc2)c2ccc3nc[nH]c3c2)cc1OC. The molecule has 1 atom stereocenters. The summed E-state index contributed by atoms with van der Waals surface area (Å²) in [6.45, 7) is 2.39. The Balaban J connectivity index is 1.70. The van der Waals surface area contributed by atoms with Crippen LogP contribution in [0.5, 0.6) is 11.5 Å². The predicted molar refractivity (Wildman–Crippen MR) is 124 cm³/mol. The van der Waals surface area contributed by atoms with Crippen molar-refractivity contribution in [2.75, 3.05) is 13.7 Å². The highest BCUT2D eigenvalue weighted by Crippen LogP contribution is 2.37. The number of fused-ring (bicyclic) bond motifs is 1. The van der Waals surface area contributed by atoms with Crippen molar-refractivity contribution < 1.29 is 14.3 Å². The van der Waals surface area contributed by atoms with Gasteiger partial charge in [0.25, 0.3) is 5.91 Å². The zero-order valence-corrected chi connectivity index (χ0v) is 18.8. The van der Waals surface area contributed by atoms with Crippen molar-refractivity contribution in [2.45, 2.75) is 13.0 Å². The lowest BCUT2D eigenvalue weighted by atomic mass is 9.97. The second kappa shape index (κ2) is 9.22. The van der Waals surface area contributed by atoms with Gasteiger partial charge in [-0.3, -0.25) is 4.79 Å². The topological polar surface area (TPSA) is 76.2 Å². The van der Waals surface area contributed by atoms with Crippen molar-refractivity contribution in [3.63, 3.8) is 0 Å². The van der Waals surface area contributed by atoms with E-state index in [-0.39, 0.29) is 11.9 Å². The van der Waals surface area contributed by atoms with Gasteiger partial charge in [-0.05, 0) is 58.2 Å². The molecule has 0 saturated carbocycles. The van der Waals surface area contributed by atoms with Crippen molar-refractivity contribution in [1.29, 1.82) is 0 Å². The van der Waals surface area contributed by atoms with E-state index in [2.05, 4.69) is 31.2 Å². The fourth-order valence-electron chi connectivity index (χ4n) is 3.49. The number of carbonyl (C=O) groups excluding carboxylic acids is 1. The first kappa shape index (κ1) is 20.9. The van der Waals surface area contributed by atoms with Crippen LogP contribution in [0.1, 0.15) is 34.5 Å². The molecule has 4 aromatic rings. The molecule has 6 nitrogen and oxygen atoms in total. The Morgan fingerprint density at radius 3 is 2.68 bits per heavy atom. The summed E-state index contributed by atoms with van der Waals surface area (Å²) < 4.78 is 11.7. The molecule has 1 aromatic heterocycles. The molecule has 7 heteroatoms. The summed E-state index contributed by atoms with van der Waals surface area (Å²) in [5, 5.41) is 3.16. The Hall–Kier alpha value is -3.32. The van der Waals surface area contributed by atoms with Gasteiger partial charge in [-0.1, -0.05) is 36.4 Å². The van der Waals surface area contributed by atoms with Gasteiger partial charge < -0.3 is 19.8 Å². The van der Waals surface area contributed by atoms with E-state index >= 15 is 0 Å². The number of aromatic nitrogens is 2. The molecular weight excluding hydrogens is 458 g/mol. The summed E-state index contributed by atoms with van der Waals surface area (Å²) >= 11 is 3.49. The second-order valence-corrected chi connectivity index (χ2v) is 7.77. The average Bonchev–Trinajstić information content (AvgIpc) is 3.27. The number of rotatable bonds is 7. The van der Waals surface area contributed by atoms with Crippen molar-refractivity contribution in [1.82, 2.24) is 15.3 Å². The van der Waals surface area contributed by atoms with Crippen LogP contribution in [0.25, 0.3) is 11.0 Å². The number of carbonyl (C=O) groups is 1. The van der Waals surface area contributed by atoms with Gasteiger partial charge in [0.1, 0.15) is 0 Å². The van der Waals surface area contributed by atoms with Crippen molar-refractivity contribution >= 4 is 32.9 Å². The number of nitrogens with zero attached hydrogens (tertiary/aromatic N) is 1. The van der Waals surface area contributed by atoms with E-state index in [1.807, 2.05) is 55.5 Å². The lowest BCUT2D eigenvalue weighted by molar-refractivity contribution is 0.0942. The van der Waals surface area contributed by atoms with Crippen molar-refractivity contribution in [3.8, 4) is 11.5 Å². The van der Waals surface area contributed by atoms with Crippen molar-refractivity contribution in [2.24, 2.45) is 0 Å². The fraction of sp³-hybridized carbons (Fsp3) is 0.167. The van der Waals surface area contributed by atoms with Crippen LogP contribution < -0.4 is 14.8 Å². The Bertz CT molecular complexity index is 1210. The molecule has 0 aliphatic carbocycles. The normalized spacial score (nSPS) is 11.8. The van der Waals surface area contributed by atoms with Gasteiger partial charge >= 0.3 is 0 Å². The van der Waals surface area contributed by atoms with Crippen LogP contribution in [0.4, 0.5) is 0 Å². The Kier molecular flexibility index (Phi) is 6.23. The van der Waals surface area contributed by atoms with E-state index in [1.165, 1.54) is 0 Å². The van der Waals surface area contributed by atoms with Gasteiger partial charge in [0.2, 0.25) is 0 Å². The smallest absolute Gasteiger partial charge is 0.252 e.